The zero-order valence-electron chi connectivity index (χ0n) is 85.8. The Kier molecular flexibility index (Phi) is 37.4. The van der Waals surface area contributed by atoms with E-state index in [9.17, 15) is 0 Å². The number of epoxide rings is 2. The van der Waals surface area contributed by atoms with Crippen molar-refractivity contribution in [3.8, 4) is 0 Å². The maximum atomic E-state index is 5.69. The van der Waals surface area contributed by atoms with Gasteiger partial charge >= 0.3 is 0 Å². The third-order valence-electron chi connectivity index (χ3n) is 42.1. The third kappa shape index (κ3) is 29.5. The summed E-state index contributed by atoms with van der Waals surface area (Å²) >= 11 is 0. The Labute approximate surface area is 823 Å². The number of ether oxygens (including phenoxy) is 3. The number of piperidine rings is 13. The fourth-order valence-electron chi connectivity index (χ4n) is 33.4. The van der Waals surface area contributed by atoms with E-state index in [2.05, 4.69) is 97.2 Å². The standard InChI is InChI=1S/2C9H17N.C8H13N.4C8H15N.3C7H11NO.2C7H13N.C7H11N.C6H11N.2C5H9N/c1-3-8-4-2-6-9(5-1)10-7-8;1-2-8-4-5-9(3-1)7-10-6-8;1-2-7-5-4-6(5)8(3-1)9-7;1-3-7-5-2-6-8(4-1)9-7;1-2-8-4-3-7(1)5-9-6-8;1-2-7-4-8(3-1)6-9-5-7;1-2-7-4-5-8(3-1)9-6-7;1-4-2-7-6(8-4)3-5(1)9-7;2*1-2-4-6-7(9-6)5(3-1)8-4;1-3-7-4-2-6(1)5-8-7;2*1-2-6-4-5-7(3-1)8-6;1-2-6-4-3-5(1)7-6;1-4-2-5(1)6-3-4;1-2-5-3-4(1)6-5/h2*8-10H,1-7H2;5-9H,1-4H2;4*7-9H,1-6H2;3*4-8H,1-3H2;2*6-8H,1-5H2;4-8H,1-3H2;5-7H,1-4H2;2*4-6H,1-3H2. The molecule has 34 heterocycles. The van der Waals surface area contributed by atoms with Gasteiger partial charge in [0, 0.05) is 133 Å². The van der Waals surface area contributed by atoms with E-state index in [1.165, 1.54) is 470 Å². The summed E-state index contributed by atoms with van der Waals surface area (Å²) in [7, 11) is 0. The lowest BCUT2D eigenvalue weighted by Gasteiger charge is -2.36. The van der Waals surface area contributed by atoms with Gasteiger partial charge in [0.25, 0.3) is 0 Å². The van der Waals surface area contributed by atoms with E-state index in [1.54, 1.807) is 6.42 Å². The maximum absolute atomic E-state index is 5.69. The third-order valence-corrected chi connectivity index (χ3v) is 42.1. The summed E-state index contributed by atoms with van der Waals surface area (Å²) < 4.78 is 16.6. The number of hydrogen-bond acceptors (Lipinski definition) is 19. The first-order valence-corrected chi connectivity index (χ1v) is 61.2. The average molecular weight is 1870 g/mol. The largest absolute Gasteiger partial charge is 0.373 e. The number of rotatable bonds is 0. The van der Waals surface area contributed by atoms with Gasteiger partial charge in [0.1, 0.15) is 24.4 Å². The molecule has 8 aliphatic carbocycles. The highest BCUT2D eigenvalue weighted by Crippen LogP contribution is 2.54. The van der Waals surface area contributed by atoms with E-state index in [-0.39, 0.29) is 0 Å². The van der Waals surface area contributed by atoms with Crippen LogP contribution in [0.4, 0.5) is 0 Å². The van der Waals surface area contributed by atoms with Crippen LogP contribution in [0, 0.1) is 71.0 Å². The summed E-state index contributed by atoms with van der Waals surface area (Å²) in [5.74, 6) is 12.6. The molecule has 19 nitrogen and oxygen atoms in total. The van der Waals surface area contributed by atoms with Crippen molar-refractivity contribution >= 4 is 0 Å². The molecule has 28 unspecified atom stereocenters. The average Bonchev–Trinajstić information content (AvgIpc) is 1.59. The van der Waals surface area contributed by atoms with Crippen molar-refractivity contribution in [1.29, 1.82) is 0 Å². The maximum Gasteiger partial charge on any atom is 0.101 e. The lowest BCUT2D eigenvalue weighted by atomic mass is 9.79. The highest BCUT2D eigenvalue weighted by molar-refractivity contribution is 5.15. The molecule has 28 atom stereocenters. The van der Waals surface area contributed by atoms with Crippen molar-refractivity contribution in [1.82, 2.24) is 85.1 Å². The molecule has 41 fully saturated rings. The Morgan fingerprint density at radius 1 is 0.163 bits per heavy atom. The zero-order valence-corrected chi connectivity index (χ0v) is 85.8. The van der Waals surface area contributed by atoms with Gasteiger partial charge in [-0.05, 0) is 477 Å². The molecular formula is C116H206N16O3. The van der Waals surface area contributed by atoms with Crippen molar-refractivity contribution in [3.63, 3.8) is 0 Å². The van der Waals surface area contributed by atoms with E-state index in [4.69, 9.17) is 14.2 Å². The van der Waals surface area contributed by atoms with E-state index in [1.807, 2.05) is 0 Å². The van der Waals surface area contributed by atoms with Crippen LogP contribution in [0.5, 0.6) is 0 Å². The van der Waals surface area contributed by atoms with Crippen molar-refractivity contribution in [2.24, 2.45) is 71.0 Å². The van der Waals surface area contributed by atoms with Crippen LogP contribution < -0.4 is 85.1 Å². The SMILES string of the molecule is C1=CC2CCCC1N2.C1C2CC3OC1CC3N2.C1CC2CC1N2.C1CC2CCC(C1)CNC2.C1CC2CCC(C1)N2.C1CC2CCC(C1)NC2.C1CC2CCC1CN2.C1CC2CCC1CNC2.C1CC2CCC1N2.C1CC2CCCC(C1)N2.C1CC2CCCC(C1)NC2.C1CC2CNCC(C1)C2.C1CC2NC(C1)C1CC21.C1CC2NC(C1)C1OC21.C1CC2NC(C1)C1OC21.C1NC2CC1C2. The van der Waals surface area contributed by atoms with E-state index < -0.39 is 0 Å². The number of nitrogens with one attached hydrogen (secondary N) is 16. The first kappa shape index (κ1) is 99.9. The van der Waals surface area contributed by atoms with Gasteiger partial charge in [-0.1, -0.05) is 82.8 Å². The van der Waals surface area contributed by atoms with Crippen molar-refractivity contribution < 1.29 is 14.2 Å². The van der Waals surface area contributed by atoms with Gasteiger partial charge in [-0.3, -0.25) is 0 Å². The Bertz CT molecular complexity index is 2950. The van der Waals surface area contributed by atoms with Crippen LogP contribution in [0.15, 0.2) is 12.2 Å². The quantitative estimate of drug-likeness (QED) is 0.0799. The van der Waals surface area contributed by atoms with Gasteiger partial charge in [-0.2, -0.15) is 0 Å². The molecule has 768 valence electrons. The lowest BCUT2D eigenvalue weighted by molar-refractivity contribution is 0.0113. The topological polar surface area (TPSA) is 227 Å². The molecule has 42 aliphatic rings. The van der Waals surface area contributed by atoms with Gasteiger partial charge in [0.05, 0.1) is 12.2 Å². The molecule has 16 N–H and O–H groups in total. The van der Waals surface area contributed by atoms with Crippen molar-refractivity contribution in [3.05, 3.63) is 12.2 Å². The fourth-order valence-corrected chi connectivity index (χ4v) is 33.4. The molecule has 19 heteroatoms. The molecule has 0 aromatic heterocycles. The molecule has 34 bridgehead atoms. The second-order valence-electron chi connectivity index (χ2n) is 52.3. The predicted molar refractivity (Wildman–Crippen MR) is 555 cm³/mol. The van der Waals surface area contributed by atoms with Crippen LogP contribution in [0.25, 0.3) is 0 Å². The molecule has 0 aromatic carbocycles. The molecule has 0 aromatic rings. The molecule has 135 heavy (non-hydrogen) atoms. The van der Waals surface area contributed by atoms with Crippen LogP contribution in [0.1, 0.15) is 411 Å². The molecular weight excluding hydrogens is 1670 g/mol. The first-order valence-electron chi connectivity index (χ1n) is 61.2. The van der Waals surface area contributed by atoms with Crippen LogP contribution in [-0.2, 0) is 14.2 Å². The van der Waals surface area contributed by atoms with Gasteiger partial charge in [0.15, 0.2) is 0 Å². The first-order chi connectivity index (χ1) is 66.7. The van der Waals surface area contributed by atoms with Gasteiger partial charge in [-0.25, -0.2) is 0 Å². The minimum atomic E-state index is 0.591. The predicted octanol–water partition coefficient (Wildman–Crippen LogP) is 17.0. The number of hydrogen-bond donors (Lipinski definition) is 16. The van der Waals surface area contributed by atoms with Crippen LogP contribution >= 0.6 is 0 Å². The van der Waals surface area contributed by atoms with E-state index in [0.29, 0.717) is 36.6 Å². The molecule has 8 saturated carbocycles. The van der Waals surface area contributed by atoms with Crippen molar-refractivity contribution in [2.45, 2.75) is 580 Å². The summed E-state index contributed by atoms with van der Waals surface area (Å²) in [6.07, 6.45) is 101. The lowest BCUT2D eigenvalue weighted by Crippen LogP contribution is -2.45. The van der Waals surface area contributed by atoms with Crippen LogP contribution in [0.3, 0.4) is 0 Å². The highest BCUT2D eigenvalue weighted by Gasteiger charge is 2.59. The molecule has 0 amide bonds. The summed E-state index contributed by atoms with van der Waals surface area (Å²) in [5, 5.41) is 56.7. The molecule has 34 aliphatic heterocycles. The Balaban J connectivity index is 0.0000000864. The van der Waals surface area contributed by atoms with Crippen LogP contribution in [-0.4, -0.2) is 235 Å². The van der Waals surface area contributed by atoms with Crippen LogP contribution in [0.2, 0.25) is 0 Å². The molecule has 0 spiro atoms. The smallest absolute Gasteiger partial charge is 0.101 e. The number of morpholine rings is 2. The molecule has 0 radical (unpaired) electrons. The minimum absolute atomic E-state index is 0.591. The Morgan fingerprint density at radius 2 is 0.459 bits per heavy atom. The summed E-state index contributed by atoms with van der Waals surface area (Å²) in [6, 6.07) is 18.8. The Hall–Kier alpha value is -1.02. The second kappa shape index (κ2) is 50.6. The second-order valence-corrected chi connectivity index (χ2v) is 52.3. The van der Waals surface area contributed by atoms with Gasteiger partial charge in [0.2, 0.25) is 0 Å². The summed E-state index contributed by atoms with van der Waals surface area (Å²) in [6.45, 7) is 13.1. The van der Waals surface area contributed by atoms with Gasteiger partial charge < -0.3 is 99.3 Å². The summed E-state index contributed by atoms with van der Waals surface area (Å²) in [4.78, 5) is 0. The normalized spacial score (nSPS) is 48.8. The molecule has 42 rings (SSSR count). The monoisotopic (exact) mass is 1870 g/mol. The number of fused-ring (bicyclic) bond motifs is 44. The van der Waals surface area contributed by atoms with E-state index >= 15 is 0 Å². The van der Waals surface area contributed by atoms with Crippen molar-refractivity contribution in [2.75, 3.05) is 65.4 Å². The Morgan fingerprint density at radius 3 is 0.793 bits per heavy atom. The highest BCUT2D eigenvalue weighted by atomic mass is 16.6. The van der Waals surface area contributed by atoms with Gasteiger partial charge in [-0.15, -0.1) is 0 Å². The minimum Gasteiger partial charge on any atom is -0.373 e. The fraction of sp³-hybridized carbons (Fsp3) is 0.983. The summed E-state index contributed by atoms with van der Waals surface area (Å²) in [5.41, 5.74) is 0. The zero-order chi connectivity index (χ0) is 90.3. The van der Waals surface area contributed by atoms with E-state index in [0.717, 1.165) is 204 Å². The molecule has 33 saturated heterocycles.